The highest BCUT2D eigenvalue weighted by atomic mass is 16.5. The number of nitrogens with one attached hydrogen (secondary N) is 1. The predicted octanol–water partition coefficient (Wildman–Crippen LogP) is 1.01. The Morgan fingerprint density at radius 1 is 1.47 bits per heavy atom. The third-order valence-electron chi connectivity index (χ3n) is 2.85. The highest BCUT2D eigenvalue weighted by Gasteiger charge is 2.18. The molecule has 0 radical (unpaired) electrons. The predicted molar refractivity (Wildman–Crippen MR) is 73.5 cm³/mol. The van der Waals surface area contributed by atoms with Crippen LogP contribution in [0.4, 0.5) is 5.82 Å². The van der Waals surface area contributed by atoms with E-state index in [9.17, 15) is 0 Å². The molecule has 1 N–H and O–H groups in total. The molecular formula is C13H22N4O2. The van der Waals surface area contributed by atoms with Crippen LogP contribution in [0, 0.1) is 0 Å². The van der Waals surface area contributed by atoms with Crippen molar-refractivity contribution in [3.8, 4) is 5.88 Å². The SMILES string of the molecule is CC(C)Oc1nccnc1NCC1CN(C)CCO1. The summed E-state index contributed by atoms with van der Waals surface area (Å²) in [4.78, 5) is 10.7. The summed E-state index contributed by atoms with van der Waals surface area (Å²) in [5, 5.41) is 3.26. The number of morpholine rings is 1. The van der Waals surface area contributed by atoms with Gasteiger partial charge in [0.05, 0.1) is 18.8 Å². The molecule has 2 rings (SSSR count). The number of rotatable bonds is 5. The van der Waals surface area contributed by atoms with Gasteiger partial charge in [0.25, 0.3) is 5.88 Å². The Bertz CT molecular complexity index is 400. The Hall–Kier alpha value is -1.40. The third-order valence-corrected chi connectivity index (χ3v) is 2.85. The van der Waals surface area contributed by atoms with Crippen LogP contribution in [-0.2, 0) is 4.74 Å². The van der Waals surface area contributed by atoms with Gasteiger partial charge in [-0.25, -0.2) is 9.97 Å². The van der Waals surface area contributed by atoms with Gasteiger partial charge < -0.3 is 19.7 Å². The molecule has 0 spiro atoms. The molecule has 1 atom stereocenters. The van der Waals surface area contributed by atoms with Crippen LogP contribution >= 0.6 is 0 Å². The lowest BCUT2D eigenvalue weighted by molar-refractivity contribution is -0.0117. The van der Waals surface area contributed by atoms with Crippen molar-refractivity contribution >= 4 is 5.82 Å². The topological polar surface area (TPSA) is 59.5 Å². The largest absolute Gasteiger partial charge is 0.472 e. The number of aromatic nitrogens is 2. The van der Waals surface area contributed by atoms with E-state index in [-0.39, 0.29) is 12.2 Å². The van der Waals surface area contributed by atoms with E-state index in [2.05, 4.69) is 27.2 Å². The summed E-state index contributed by atoms with van der Waals surface area (Å²) in [5.74, 6) is 1.22. The summed E-state index contributed by atoms with van der Waals surface area (Å²) < 4.78 is 11.3. The van der Waals surface area contributed by atoms with Gasteiger partial charge in [0.15, 0.2) is 5.82 Å². The van der Waals surface area contributed by atoms with Crippen molar-refractivity contribution in [2.45, 2.75) is 26.1 Å². The van der Waals surface area contributed by atoms with Gasteiger partial charge in [0, 0.05) is 32.0 Å². The first-order chi connectivity index (χ1) is 9.15. The molecule has 2 heterocycles. The molecule has 0 amide bonds. The van der Waals surface area contributed by atoms with Crippen LogP contribution in [0.25, 0.3) is 0 Å². The summed E-state index contributed by atoms with van der Waals surface area (Å²) in [6.45, 7) is 7.34. The normalized spacial score (nSPS) is 20.5. The van der Waals surface area contributed by atoms with E-state index in [1.165, 1.54) is 0 Å². The molecule has 0 aliphatic carbocycles. The second kappa shape index (κ2) is 6.68. The molecule has 106 valence electrons. The molecule has 1 aliphatic heterocycles. The van der Waals surface area contributed by atoms with Gasteiger partial charge in [-0.2, -0.15) is 0 Å². The van der Waals surface area contributed by atoms with Crippen LogP contribution in [-0.4, -0.2) is 60.4 Å². The van der Waals surface area contributed by atoms with Gasteiger partial charge in [-0.05, 0) is 20.9 Å². The van der Waals surface area contributed by atoms with Gasteiger partial charge in [0.2, 0.25) is 0 Å². The van der Waals surface area contributed by atoms with Crippen LogP contribution in [0.15, 0.2) is 12.4 Å². The first-order valence-electron chi connectivity index (χ1n) is 6.67. The van der Waals surface area contributed by atoms with Crippen LogP contribution in [0.2, 0.25) is 0 Å². The zero-order chi connectivity index (χ0) is 13.7. The highest BCUT2D eigenvalue weighted by Crippen LogP contribution is 2.19. The van der Waals surface area contributed by atoms with E-state index in [0.717, 1.165) is 19.7 Å². The summed E-state index contributed by atoms with van der Waals surface area (Å²) in [6, 6.07) is 0. The van der Waals surface area contributed by atoms with Crippen molar-refractivity contribution in [2.24, 2.45) is 0 Å². The molecule has 1 aromatic heterocycles. The van der Waals surface area contributed by atoms with Gasteiger partial charge in [0.1, 0.15) is 0 Å². The zero-order valence-corrected chi connectivity index (χ0v) is 11.8. The molecule has 19 heavy (non-hydrogen) atoms. The maximum absolute atomic E-state index is 5.70. The van der Waals surface area contributed by atoms with E-state index in [0.29, 0.717) is 18.2 Å². The number of likely N-dealkylation sites (N-methyl/N-ethyl adjacent to an activating group) is 1. The summed E-state index contributed by atoms with van der Waals surface area (Å²) in [7, 11) is 2.10. The first kappa shape index (κ1) is 14.0. The Balaban J connectivity index is 1.91. The lowest BCUT2D eigenvalue weighted by Gasteiger charge is -2.30. The molecule has 6 heteroatoms. The van der Waals surface area contributed by atoms with Crippen LogP contribution < -0.4 is 10.1 Å². The summed E-state index contributed by atoms with van der Waals surface area (Å²) >= 11 is 0. The van der Waals surface area contributed by atoms with Gasteiger partial charge in [-0.1, -0.05) is 0 Å². The molecule has 0 aromatic carbocycles. The van der Waals surface area contributed by atoms with Crippen molar-refractivity contribution in [2.75, 3.05) is 38.6 Å². The van der Waals surface area contributed by atoms with E-state index in [4.69, 9.17) is 9.47 Å². The van der Waals surface area contributed by atoms with E-state index >= 15 is 0 Å². The maximum atomic E-state index is 5.70. The van der Waals surface area contributed by atoms with E-state index < -0.39 is 0 Å². The van der Waals surface area contributed by atoms with Gasteiger partial charge in [-0.3, -0.25) is 0 Å². The lowest BCUT2D eigenvalue weighted by atomic mass is 10.3. The number of hydrogen-bond acceptors (Lipinski definition) is 6. The van der Waals surface area contributed by atoms with Gasteiger partial charge >= 0.3 is 0 Å². The monoisotopic (exact) mass is 266 g/mol. The van der Waals surface area contributed by atoms with Crippen LogP contribution in [0.5, 0.6) is 5.88 Å². The van der Waals surface area contributed by atoms with Crippen molar-refractivity contribution in [3.05, 3.63) is 12.4 Å². The Morgan fingerprint density at radius 3 is 3.00 bits per heavy atom. The number of hydrogen-bond donors (Lipinski definition) is 1. The third kappa shape index (κ3) is 4.33. The smallest absolute Gasteiger partial charge is 0.257 e. The first-order valence-corrected chi connectivity index (χ1v) is 6.67. The number of nitrogens with zero attached hydrogens (tertiary/aromatic N) is 3. The maximum Gasteiger partial charge on any atom is 0.257 e. The van der Waals surface area contributed by atoms with E-state index in [1.54, 1.807) is 12.4 Å². The fourth-order valence-electron chi connectivity index (χ4n) is 1.96. The van der Waals surface area contributed by atoms with E-state index in [1.807, 2.05) is 13.8 Å². The lowest BCUT2D eigenvalue weighted by Crippen LogP contribution is -2.43. The second-order valence-corrected chi connectivity index (χ2v) is 5.01. The fourth-order valence-corrected chi connectivity index (χ4v) is 1.96. The minimum Gasteiger partial charge on any atom is -0.472 e. The quantitative estimate of drug-likeness (QED) is 0.858. The minimum absolute atomic E-state index is 0.0781. The van der Waals surface area contributed by atoms with Crippen molar-refractivity contribution in [3.63, 3.8) is 0 Å². The molecular weight excluding hydrogens is 244 g/mol. The second-order valence-electron chi connectivity index (χ2n) is 5.01. The molecule has 1 aliphatic rings. The Morgan fingerprint density at radius 2 is 2.26 bits per heavy atom. The standard InChI is InChI=1S/C13H22N4O2/c1-10(2)19-13-12(14-4-5-15-13)16-8-11-9-17(3)6-7-18-11/h4-5,10-11H,6-9H2,1-3H3,(H,14,16). The van der Waals surface area contributed by atoms with Gasteiger partial charge in [-0.15, -0.1) is 0 Å². The fraction of sp³-hybridized carbons (Fsp3) is 0.692. The van der Waals surface area contributed by atoms with Crippen molar-refractivity contribution < 1.29 is 9.47 Å². The molecule has 1 fully saturated rings. The average Bonchev–Trinajstić information content (AvgIpc) is 2.37. The zero-order valence-electron chi connectivity index (χ0n) is 11.8. The van der Waals surface area contributed by atoms with Crippen LogP contribution in [0.3, 0.4) is 0 Å². The Labute approximate surface area is 114 Å². The van der Waals surface area contributed by atoms with Crippen molar-refractivity contribution in [1.82, 2.24) is 14.9 Å². The molecule has 6 nitrogen and oxygen atoms in total. The molecule has 0 bridgehead atoms. The van der Waals surface area contributed by atoms with Crippen LogP contribution in [0.1, 0.15) is 13.8 Å². The molecule has 1 unspecified atom stereocenters. The highest BCUT2D eigenvalue weighted by molar-refractivity contribution is 5.44. The minimum atomic E-state index is 0.0781. The summed E-state index contributed by atoms with van der Waals surface area (Å²) in [5.41, 5.74) is 0. The number of anilines is 1. The Kier molecular flexibility index (Phi) is 4.93. The molecule has 1 aromatic rings. The molecule has 1 saturated heterocycles. The molecule has 0 saturated carbocycles. The number of ether oxygens (including phenoxy) is 2. The summed E-state index contributed by atoms with van der Waals surface area (Å²) in [6.07, 6.45) is 3.54. The van der Waals surface area contributed by atoms with Crippen molar-refractivity contribution in [1.29, 1.82) is 0 Å². The average molecular weight is 266 g/mol.